The molecule has 0 spiro atoms. The molecule has 3 rings (SSSR count). The average Bonchev–Trinajstić information content (AvgIpc) is 3.30. The number of carbonyl (C=O) groups is 3. The topological polar surface area (TPSA) is 107 Å². The van der Waals surface area contributed by atoms with Crippen molar-refractivity contribution in [3.63, 3.8) is 0 Å². The number of rotatable bonds is 4. The van der Waals surface area contributed by atoms with E-state index in [2.05, 4.69) is 27.7 Å². The highest BCUT2D eigenvalue weighted by Crippen LogP contribution is 2.23. The van der Waals surface area contributed by atoms with Crippen LogP contribution in [0.25, 0.3) is 0 Å². The summed E-state index contributed by atoms with van der Waals surface area (Å²) in [6.45, 7) is 3.16. The quantitative estimate of drug-likeness (QED) is 0.689. The highest BCUT2D eigenvalue weighted by atomic mass is 32.1. The fourth-order valence-electron chi connectivity index (χ4n) is 3.37. The van der Waals surface area contributed by atoms with Gasteiger partial charge in [-0.25, -0.2) is 9.59 Å². The lowest BCUT2D eigenvalue weighted by molar-refractivity contribution is -0.159. The molecule has 1 saturated heterocycles. The molecule has 2 fully saturated rings. The normalized spacial score (nSPS) is 18.8. The van der Waals surface area contributed by atoms with Crippen LogP contribution >= 0.6 is 11.3 Å². The SMILES string of the molecule is O=C(NC1CCCC1)C1CCN(Cc2cccs2)CC1.O=C(O)C(=O)O. The van der Waals surface area contributed by atoms with Gasteiger partial charge >= 0.3 is 11.9 Å². The lowest BCUT2D eigenvalue weighted by atomic mass is 9.95. The van der Waals surface area contributed by atoms with E-state index in [0.717, 1.165) is 32.5 Å². The van der Waals surface area contributed by atoms with Crippen LogP contribution in [-0.4, -0.2) is 52.1 Å². The molecule has 144 valence electrons. The molecule has 1 aromatic rings. The van der Waals surface area contributed by atoms with Gasteiger partial charge in [0.05, 0.1) is 0 Å². The van der Waals surface area contributed by atoms with Crippen LogP contribution in [0.5, 0.6) is 0 Å². The molecule has 0 aromatic carbocycles. The first kappa shape index (κ1) is 20.4. The van der Waals surface area contributed by atoms with Gasteiger partial charge in [-0.2, -0.15) is 0 Å². The number of thiophene rings is 1. The number of likely N-dealkylation sites (tertiary alicyclic amines) is 1. The molecule has 0 radical (unpaired) electrons. The van der Waals surface area contributed by atoms with Crippen LogP contribution in [0.3, 0.4) is 0 Å². The zero-order chi connectivity index (χ0) is 18.9. The first-order valence-electron chi connectivity index (χ1n) is 8.97. The number of carbonyl (C=O) groups excluding carboxylic acids is 1. The van der Waals surface area contributed by atoms with Crippen LogP contribution < -0.4 is 5.32 Å². The number of amides is 1. The lowest BCUT2D eigenvalue weighted by Crippen LogP contribution is -2.42. The number of nitrogens with one attached hydrogen (secondary N) is 1. The number of carboxylic acid groups (broad SMARTS) is 2. The number of piperidine rings is 1. The van der Waals surface area contributed by atoms with E-state index in [1.165, 1.54) is 30.6 Å². The molecule has 1 saturated carbocycles. The third-order valence-electron chi connectivity index (χ3n) is 4.80. The van der Waals surface area contributed by atoms with Crippen molar-refractivity contribution in [2.24, 2.45) is 5.92 Å². The summed E-state index contributed by atoms with van der Waals surface area (Å²) >= 11 is 1.82. The monoisotopic (exact) mass is 382 g/mol. The van der Waals surface area contributed by atoms with Crippen LogP contribution in [0.15, 0.2) is 17.5 Å². The first-order chi connectivity index (χ1) is 12.5. The van der Waals surface area contributed by atoms with E-state index < -0.39 is 11.9 Å². The molecule has 0 bridgehead atoms. The second kappa shape index (κ2) is 10.3. The highest BCUT2D eigenvalue weighted by molar-refractivity contribution is 7.09. The summed E-state index contributed by atoms with van der Waals surface area (Å²) in [4.78, 5) is 34.4. The van der Waals surface area contributed by atoms with E-state index in [-0.39, 0.29) is 5.92 Å². The van der Waals surface area contributed by atoms with Crippen molar-refractivity contribution in [3.8, 4) is 0 Å². The Balaban J connectivity index is 0.000000352. The van der Waals surface area contributed by atoms with Crippen LogP contribution in [-0.2, 0) is 20.9 Å². The highest BCUT2D eigenvalue weighted by Gasteiger charge is 2.27. The van der Waals surface area contributed by atoms with E-state index in [4.69, 9.17) is 19.8 Å². The Hall–Kier alpha value is -1.93. The molecule has 26 heavy (non-hydrogen) atoms. The number of hydrogen-bond acceptors (Lipinski definition) is 5. The smallest absolute Gasteiger partial charge is 0.414 e. The van der Waals surface area contributed by atoms with Crippen molar-refractivity contribution in [1.82, 2.24) is 10.2 Å². The zero-order valence-corrected chi connectivity index (χ0v) is 15.5. The minimum atomic E-state index is -1.82. The van der Waals surface area contributed by atoms with Crippen molar-refractivity contribution in [2.75, 3.05) is 13.1 Å². The summed E-state index contributed by atoms with van der Waals surface area (Å²) in [5, 5.41) is 20.2. The fourth-order valence-corrected chi connectivity index (χ4v) is 4.11. The van der Waals surface area contributed by atoms with Gasteiger partial charge in [-0.3, -0.25) is 9.69 Å². The number of hydrogen-bond donors (Lipinski definition) is 3. The molecule has 1 amide bonds. The average molecular weight is 382 g/mol. The maximum Gasteiger partial charge on any atom is 0.414 e. The predicted octanol–water partition coefficient (Wildman–Crippen LogP) is 2.17. The van der Waals surface area contributed by atoms with Crippen molar-refractivity contribution in [1.29, 1.82) is 0 Å². The number of carboxylic acids is 2. The minimum absolute atomic E-state index is 0.246. The van der Waals surface area contributed by atoms with Crippen molar-refractivity contribution in [3.05, 3.63) is 22.4 Å². The molecule has 0 unspecified atom stereocenters. The van der Waals surface area contributed by atoms with Crippen molar-refractivity contribution >= 4 is 29.2 Å². The van der Waals surface area contributed by atoms with Gasteiger partial charge in [-0.05, 0) is 50.2 Å². The van der Waals surface area contributed by atoms with Crippen LogP contribution in [0, 0.1) is 5.92 Å². The maximum absolute atomic E-state index is 12.3. The third-order valence-corrected chi connectivity index (χ3v) is 5.66. The van der Waals surface area contributed by atoms with E-state index in [1.807, 2.05) is 11.3 Å². The Kier molecular flexibility index (Phi) is 8.06. The molecule has 8 heteroatoms. The van der Waals surface area contributed by atoms with E-state index in [0.29, 0.717) is 11.9 Å². The van der Waals surface area contributed by atoms with Gasteiger partial charge < -0.3 is 15.5 Å². The Bertz CT molecular complexity index is 579. The van der Waals surface area contributed by atoms with Crippen LogP contribution in [0.4, 0.5) is 0 Å². The molecule has 1 aromatic heterocycles. The largest absolute Gasteiger partial charge is 0.473 e. The third kappa shape index (κ3) is 6.76. The summed E-state index contributed by atoms with van der Waals surface area (Å²) in [6, 6.07) is 4.78. The fraction of sp³-hybridized carbons (Fsp3) is 0.611. The summed E-state index contributed by atoms with van der Waals surface area (Å²) in [7, 11) is 0. The van der Waals surface area contributed by atoms with E-state index in [1.54, 1.807) is 0 Å². The van der Waals surface area contributed by atoms with Crippen LogP contribution in [0.2, 0.25) is 0 Å². The van der Waals surface area contributed by atoms with Gasteiger partial charge in [-0.1, -0.05) is 18.9 Å². The first-order valence-corrected chi connectivity index (χ1v) is 9.85. The summed E-state index contributed by atoms with van der Waals surface area (Å²) in [6.07, 6.45) is 6.97. The second-order valence-electron chi connectivity index (χ2n) is 6.73. The molecular formula is C18H26N2O5S. The Morgan fingerprint density at radius 3 is 2.19 bits per heavy atom. The Morgan fingerprint density at radius 1 is 1.08 bits per heavy atom. The zero-order valence-electron chi connectivity index (χ0n) is 14.7. The second-order valence-corrected chi connectivity index (χ2v) is 7.76. The number of nitrogens with zero attached hydrogens (tertiary/aromatic N) is 1. The predicted molar refractivity (Wildman–Crippen MR) is 98.0 cm³/mol. The molecule has 2 aliphatic rings. The van der Waals surface area contributed by atoms with E-state index >= 15 is 0 Å². The molecular weight excluding hydrogens is 356 g/mol. The molecule has 2 heterocycles. The molecule has 3 N–H and O–H groups in total. The minimum Gasteiger partial charge on any atom is -0.473 e. The van der Waals surface area contributed by atoms with Crippen molar-refractivity contribution in [2.45, 2.75) is 51.1 Å². The number of aliphatic carboxylic acids is 2. The van der Waals surface area contributed by atoms with E-state index in [9.17, 15) is 4.79 Å². The van der Waals surface area contributed by atoms with Gasteiger partial charge in [-0.15, -0.1) is 11.3 Å². The van der Waals surface area contributed by atoms with Crippen LogP contribution in [0.1, 0.15) is 43.4 Å². The standard InChI is InChI=1S/C16H24N2OS.C2H2O4/c19-16(17-14-4-1-2-5-14)13-7-9-18(10-8-13)12-15-6-3-11-20-15;3-1(4)2(5)6/h3,6,11,13-14H,1-2,4-5,7-10,12H2,(H,17,19);(H,3,4)(H,5,6). The summed E-state index contributed by atoms with van der Waals surface area (Å²) in [5.74, 6) is -3.09. The molecule has 1 aliphatic carbocycles. The lowest BCUT2D eigenvalue weighted by Gasteiger charge is -2.31. The van der Waals surface area contributed by atoms with Gasteiger partial charge in [0.25, 0.3) is 0 Å². The van der Waals surface area contributed by atoms with Gasteiger partial charge in [0.1, 0.15) is 0 Å². The summed E-state index contributed by atoms with van der Waals surface area (Å²) in [5.41, 5.74) is 0. The summed E-state index contributed by atoms with van der Waals surface area (Å²) < 4.78 is 0. The Morgan fingerprint density at radius 2 is 1.69 bits per heavy atom. The molecule has 0 atom stereocenters. The molecule has 7 nitrogen and oxygen atoms in total. The molecule has 1 aliphatic heterocycles. The van der Waals surface area contributed by atoms with Gasteiger partial charge in [0.15, 0.2) is 0 Å². The maximum atomic E-state index is 12.3. The van der Waals surface area contributed by atoms with Gasteiger partial charge in [0.2, 0.25) is 5.91 Å². The van der Waals surface area contributed by atoms with Gasteiger partial charge in [0, 0.05) is 23.4 Å². The Labute approximate surface area is 157 Å². The van der Waals surface area contributed by atoms with Crippen molar-refractivity contribution < 1.29 is 24.6 Å².